The molecule has 0 aromatic rings. The zero-order valence-electron chi connectivity index (χ0n) is 8.76. The van der Waals surface area contributed by atoms with Crippen molar-refractivity contribution in [3.05, 3.63) is 0 Å². The largest absolute Gasteiger partial charge is 0.314 e. The van der Waals surface area contributed by atoms with Crippen LogP contribution in [0.3, 0.4) is 0 Å². The molecule has 13 heavy (non-hydrogen) atoms. The SMILES string of the molecule is CC1CC(CN2CCCC2)CCN1. The summed E-state index contributed by atoms with van der Waals surface area (Å²) < 4.78 is 0. The monoisotopic (exact) mass is 182 g/mol. The van der Waals surface area contributed by atoms with Crippen LogP contribution in [0.25, 0.3) is 0 Å². The molecule has 2 unspecified atom stereocenters. The highest BCUT2D eigenvalue weighted by atomic mass is 15.1. The van der Waals surface area contributed by atoms with Gasteiger partial charge in [0, 0.05) is 12.6 Å². The van der Waals surface area contributed by atoms with Gasteiger partial charge in [0.2, 0.25) is 0 Å². The van der Waals surface area contributed by atoms with Crippen LogP contribution in [0.2, 0.25) is 0 Å². The molecular weight excluding hydrogens is 160 g/mol. The molecular formula is C11H22N2. The van der Waals surface area contributed by atoms with Crippen LogP contribution < -0.4 is 5.32 Å². The summed E-state index contributed by atoms with van der Waals surface area (Å²) >= 11 is 0. The lowest BCUT2D eigenvalue weighted by atomic mass is 9.93. The van der Waals surface area contributed by atoms with E-state index in [9.17, 15) is 0 Å². The minimum atomic E-state index is 0.751. The van der Waals surface area contributed by atoms with Crippen LogP contribution in [0.15, 0.2) is 0 Å². The first-order valence-electron chi connectivity index (χ1n) is 5.80. The summed E-state index contributed by atoms with van der Waals surface area (Å²) in [6.45, 7) is 7.64. The Morgan fingerprint density at radius 1 is 1.31 bits per heavy atom. The van der Waals surface area contributed by atoms with E-state index in [0.29, 0.717) is 0 Å². The second-order valence-electron chi connectivity index (χ2n) is 4.75. The van der Waals surface area contributed by atoms with E-state index in [0.717, 1.165) is 12.0 Å². The molecule has 0 radical (unpaired) electrons. The maximum absolute atomic E-state index is 3.52. The highest BCUT2D eigenvalue weighted by Gasteiger charge is 2.21. The molecule has 0 aromatic heterocycles. The third-order valence-electron chi connectivity index (χ3n) is 3.45. The summed E-state index contributed by atoms with van der Waals surface area (Å²) in [6.07, 6.45) is 5.64. The van der Waals surface area contributed by atoms with Crippen molar-refractivity contribution in [1.29, 1.82) is 0 Å². The number of hydrogen-bond acceptors (Lipinski definition) is 2. The molecule has 2 heterocycles. The Labute approximate surface area is 81.7 Å². The fraction of sp³-hybridized carbons (Fsp3) is 1.00. The Balaban J connectivity index is 1.73. The number of nitrogens with one attached hydrogen (secondary N) is 1. The van der Waals surface area contributed by atoms with E-state index in [2.05, 4.69) is 17.1 Å². The Bertz CT molecular complexity index is 152. The van der Waals surface area contributed by atoms with Gasteiger partial charge in [0.05, 0.1) is 0 Å². The van der Waals surface area contributed by atoms with Gasteiger partial charge < -0.3 is 10.2 Å². The molecule has 2 aliphatic heterocycles. The van der Waals surface area contributed by atoms with Crippen molar-refractivity contribution < 1.29 is 0 Å². The molecule has 1 N–H and O–H groups in total. The van der Waals surface area contributed by atoms with Crippen LogP contribution >= 0.6 is 0 Å². The molecule has 0 aliphatic carbocycles. The number of rotatable bonds is 2. The predicted octanol–water partition coefficient (Wildman–Crippen LogP) is 1.47. The molecule has 2 atom stereocenters. The average molecular weight is 182 g/mol. The Hall–Kier alpha value is -0.0800. The first-order valence-corrected chi connectivity index (χ1v) is 5.80. The van der Waals surface area contributed by atoms with E-state index in [4.69, 9.17) is 0 Å². The van der Waals surface area contributed by atoms with E-state index in [-0.39, 0.29) is 0 Å². The van der Waals surface area contributed by atoms with Gasteiger partial charge in [-0.3, -0.25) is 0 Å². The molecule has 2 nitrogen and oxygen atoms in total. The smallest absolute Gasteiger partial charge is 0.00418 e. The minimum absolute atomic E-state index is 0.751. The second-order valence-corrected chi connectivity index (χ2v) is 4.75. The minimum Gasteiger partial charge on any atom is -0.314 e. The van der Waals surface area contributed by atoms with E-state index < -0.39 is 0 Å². The van der Waals surface area contributed by atoms with Crippen molar-refractivity contribution in [2.75, 3.05) is 26.2 Å². The highest BCUT2D eigenvalue weighted by Crippen LogP contribution is 2.19. The molecule has 2 aliphatic rings. The first kappa shape index (κ1) is 9.47. The van der Waals surface area contributed by atoms with Gasteiger partial charge in [-0.1, -0.05) is 0 Å². The van der Waals surface area contributed by atoms with Crippen molar-refractivity contribution in [2.45, 2.75) is 38.6 Å². The number of piperidine rings is 1. The van der Waals surface area contributed by atoms with Gasteiger partial charge in [-0.05, 0) is 58.2 Å². The second kappa shape index (κ2) is 4.43. The third-order valence-corrected chi connectivity index (χ3v) is 3.45. The predicted molar refractivity (Wildman–Crippen MR) is 55.9 cm³/mol. The fourth-order valence-electron chi connectivity index (χ4n) is 2.73. The fourth-order valence-corrected chi connectivity index (χ4v) is 2.73. The van der Waals surface area contributed by atoms with Gasteiger partial charge >= 0.3 is 0 Å². The van der Waals surface area contributed by atoms with Gasteiger partial charge in [-0.2, -0.15) is 0 Å². The lowest BCUT2D eigenvalue weighted by Gasteiger charge is -2.30. The highest BCUT2D eigenvalue weighted by molar-refractivity contribution is 4.78. The topological polar surface area (TPSA) is 15.3 Å². The third kappa shape index (κ3) is 2.68. The molecule has 2 fully saturated rings. The molecule has 0 aromatic carbocycles. The summed E-state index contributed by atoms with van der Waals surface area (Å²) in [5.74, 6) is 0.967. The lowest BCUT2D eigenvalue weighted by Crippen LogP contribution is -2.40. The van der Waals surface area contributed by atoms with E-state index in [1.165, 1.54) is 51.9 Å². The Kier molecular flexibility index (Phi) is 3.23. The Morgan fingerprint density at radius 3 is 2.77 bits per heavy atom. The first-order chi connectivity index (χ1) is 6.34. The molecule has 2 heteroatoms. The Morgan fingerprint density at radius 2 is 2.08 bits per heavy atom. The van der Waals surface area contributed by atoms with Crippen molar-refractivity contribution >= 4 is 0 Å². The number of nitrogens with zero attached hydrogens (tertiary/aromatic N) is 1. The summed E-state index contributed by atoms with van der Waals surface area (Å²) in [6, 6.07) is 0.751. The van der Waals surface area contributed by atoms with Gasteiger partial charge in [-0.25, -0.2) is 0 Å². The lowest BCUT2D eigenvalue weighted by molar-refractivity contribution is 0.220. The molecule has 2 saturated heterocycles. The van der Waals surface area contributed by atoms with Crippen LogP contribution in [0, 0.1) is 5.92 Å². The van der Waals surface area contributed by atoms with Crippen molar-refractivity contribution in [3.8, 4) is 0 Å². The zero-order chi connectivity index (χ0) is 9.10. The van der Waals surface area contributed by atoms with Crippen LogP contribution in [-0.4, -0.2) is 37.1 Å². The summed E-state index contributed by atoms with van der Waals surface area (Å²) in [5, 5.41) is 3.52. The van der Waals surface area contributed by atoms with Crippen molar-refractivity contribution in [3.63, 3.8) is 0 Å². The number of likely N-dealkylation sites (tertiary alicyclic amines) is 1. The van der Waals surface area contributed by atoms with Gasteiger partial charge in [0.15, 0.2) is 0 Å². The normalized spacial score (nSPS) is 36.7. The molecule has 0 spiro atoms. The number of hydrogen-bond donors (Lipinski definition) is 1. The molecule has 76 valence electrons. The summed E-state index contributed by atoms with van der Waals surface area (Å²) in [5.41, 5.74) is 0. The zero-order valence-corrected chi connectivity index (χ0v) is 8.76. The molecule has 2 rings (SSSR count). The molecule has 0 bridgehead atoms. The maximum Gasteiger partial charge on any atom is 0.00418 e. The van der Waals surface area contributed by atoms with Gasteiger partial charge in [0.25, 0.3) is 0 Å². The van der Waals surface area contributed by atoms with Crippen molar-refractivity contribution in [1.82, 2.24) is 10.2 Å². The maximum atomic E-state index is 3.52. The molecule has 0 saturated carbocycles. The average Bonchev–Trinajstić information content (AvgIpc) is 2.57. The quantitative estimate of drug-likeness (QED) is 0.695. The standard InChI is InChI=1S/C11H22N2/c1-10-8-11(4-5-12-10)9-13-6-2-3-7-13/h10-12H,2-9H2,1H3. The molecule has 0 amide bonds. The summed E-state index contributed by atoms with van der Waals surface area (Å²) in [7, 11) is 0. The van der Waals surface area contributed by atoms with Crippen LogP contribution in [0.4, 0.5) is 0 Å². The summed E-state index contributed by atoms with van der Waals surface area (Å²) in [4.78, 5) is 2.66. The van der Waals surface area contributed by atoms with Gasteiger partial charge in [-0.15, -0.1) is 0 Å². The van der Waals surface area contributed by atoms with Crippen LogP contribution in [0.1, 0.15) is 32.6 Å². The van der Waals surface area contributed by atoms with E-state index in [1.807, 2.05) is 0 Å². The van der Waals surface area contributed by atoms with Crippen LogP contribution in [-0.2, 0) is 0 Å². The van der Waals surface area contributed by atoms with Crippen molar-refractivity contribution in [2.24, 2.45) is 5.92 Å². The van der Waals surface area contributed by atoms with Gasteiger partial charge in [0.1, 0.15) is 0 Å². The van der Waals surface area contributed by atoms with E-state index >= 15 is 0 Å². The van der Waals surface area contributed by atoms with E-state index in [1.54, 1.807) is 0 Å². The van der Waals surface area contributed by atoms with Crippen LogP contribution in [0.5, 0.6) is 0 Å².